The molecule has 0 aromatic heterocycles. The van der Waals surface area contributed by atoms with Crippen molar-refractivity contribution in [1.29, 1.82) is 0 Å². The molecule has 15 heavy (non-hydrogen) atoms. The van der Waals surface area contributed by atoms with Crippen molar-refractivity contribution in [2.75, 3.05) is 19.8 Å². The highest BCUT2D eigenvalue weighted by atomic mass is 16.5. The maximum absolute atomic E-state index is 8.30. The summed E-state index contributed by atoms with van der Waals surface area (Å²) in [4.78, 5) is 0. The molecule has 3 N–H and O–H groups in total. The summed E-state index contributed by atoms with van der Waals surface area (Å²) in [6.45, 7) is 2.29. The van der Waals surface area contributed by atoms with Crippen LogP contribution >= 0.6 is 0 Å². The topological polar surface area (TPSA) is 77.1 Å². The van der Waals surface area contributed by atoms with Crippen molar-refractivity contribution < 1.29 is 14.7 Å². The maximum atomic E-state index is 8.30. The van der Waals surface area contributed by atoms with Gasteiger partial charge in [0, 0.05) is 19.6 Å². The van der Waals surface area contributed by atoms with Gasteiger partial charge < -0.3 is 20.4 Å². The van der Waals surface area contributed by atoms with Crippen LogP contribution in [0.2, 0.25) is 0 Å². The van der Waals surface area contributed by atoms with Crippen LogP contribution in [0.5, 0.6) is 0 Å². The summed E-state index contributed by atoms with van der Waals surface area (Å²) in [7, 11) is 0. The molecule has 5 heteroatoms. The molecule has 0 amide bonds. The summed E-state index contributed by atoms with van der Waals surface area (Å²) < 4.78 is 10.9. The maximum Gasteiger partial charge on any atom is 0.139 e. The molecule has 1 fully saturated rings. The Morgan fingerprint density at radius 3 is 3.07 bits per heavy atom. The van der Waals surface area contributed by atoms with E-state index in [4.69, 9.17) is 20.4 Å². The molecule has 0 saturated carbocycles. The van der Waals surface area contributed by atoms with Crippen molar-refractivity contribution in [1.82, 2.24) is 0 Å². The van der Waals surface area contributed by atoms with Gasteiger partial charge in [0.15, 0.2) is 0 Å². The second-order valence-corrected chi connectivity index (χ2v) is 3.76. The molecule has 1 unspecified atom stereocenters. The molecule has 0 aromatic carbocycles. The molecule has 1 aliphatic rings. The minimum atomic E-state index is 0.286. The van der Waals surface area contributed by atoms with Gasteiger partial charge in [-0.3, -0.25) is 0 Å². The molecule has 0 radical (unpaired) electrons. The molecule has 1 heterocycles. The highest BCUT2D eigenvalue weighted by molar-refractivity contribution is 5.79. The minimum absolute atomic E-state index is 0.286. The Morgan fingerprint density at radius 1 is 1.53 bits per heavy atom. The minimum Gasteiger partial charge on any atom is -0.409 e. The van der Waals surface area contributed by atoms with Gasteiger partial charge in [0.05, 0.1) is 12.7 Å². The van der Waals surface area contributed by atoms with E-state index in [-0.39, 0.29) is 5.84 Å². The standard InChI is InChI=1S/C10H20N2O3/c11-10(12-13)5-1-2-6-14-8-9-4-3-7-15-9/h9,13H,1-8H2,(H2,11,12). The first kappa shape index (κ1) is 12.3. The summed E-state index contributed by atoms with van der Waals surface area (Å²) in [5, 5.41) is 11.2. The van der Waals surface area contributed by atoms with Crippen LogP contribution in [0.1, 0.15) is 32.1 Å². The van der Waals surface area contributed by atoms with Crippen LogP contribution in [0.4, 0.5) is 0 Å². The number of hydrogen-bond acceptors (Lipinski definition) is 4. The average Bonchev–Trinajstić information content (AvgIpc) is 2.75. The van der Waals surface area contributed by atoms with Crippen molar-refractivity contribution in [3.8, 4) is 0 Å². The van der Waals surface area contributed by atoms with E-state index in [2.05, 4.69) is 5.16 Å². The molecular formula is C10H20N2O3. The van der Waals surface area contributed by atoms with Gasteiger partial charge in [-0.15, -0.1) is 0 Å². The Kier molecular flexibility index (Phi) is 6.11. The third-order valence-electron chi connectivity index (χ3n) is 2.43. The first-order valence-electron chi connectivity index (χ1n) is 5.48. The van der Waals surface area contributed by atoms with E-state index in [1.807, 2.05) is 0 Å². The van der Waals surface area contributed by atoms with E-state index in [1.165, 1.54) is 0 Å². The second-order valence-electron chi connectivity index (χ2n) is 3.76. The van der Waals surface area contributed by atoms with E-state index in [1.54, 1.807) is 0 Å². The smallest absolute Gasteiger partial charge is 0.139 e. The number of oxime groups is 1. The van der Waals surface area contributed by atoms with Gasteiger partial charge in [0.2, 0.25) is 0 Å². The summed E-state index contributed by atoms with van der Waals surface area (Å²) >= 11 is 0. The third kappa shape index (κ3) is 5.59. The predicted molar refractivity (Wildman–Crippen MR) is 57.1 cm³/mol. The lowest BCUT2D eigenvalue weighted by molar-refractivity contribution is 0.0163. The molecule has 0 bridgehead atoms. The number of nitrogens with zero attached hydrogens (tertiary/aromatic N) is 1. The summed E-state index contributed by atoms with van der Waals surface area (Å²) in [6, 6.07) is 0. The predicted octanol–water partition coefficient (Wildman–Crippen LogP) is 1.10. The normalized spacial score (nSPS) is 22.1. The van der Waals surface area contributed by atoms with Crippen LogP contribution in [-0.4, -0.2) is 37.0 Å². The molecule has 0 aliphatic carbocycles. The fourth-order valence-corrected chi connectivity index (χ4v) is 1.55. The van der Waals surface area contributed by atoms with Crippen LogP contribution in [-0.2, 0) is 9.47 Å². The first-order valence-corrected chi connectivity index (χ1v) is 5.48. The van der Waals surface area contributed by atoms with Gasteiger partial charge in [-0.1, -0.05) is 5.16 Å². The van der Waals surface area contributed by atoms with Crippen molar-refractivity contribution in [2.45, 2.75) is 38.2 Å². The zero-order valence-electron chi connectivity index (χ0n) is 9.02. The van der Waals surface area contributed by atoms with Crippen molar-refractivity contribution in [3.05, 3.63) is 0 Å². The number of hydrogen-bond donors (Lipinski definition) is 2. The average molecular weight is 216 g/mol. The largest absolute Gasteiger partial charge is 0.409 e. The van der Waals surface area contributed by atoms with Crippen LogP contribution in [0, 0.1) is 0 Å². The number of nitrogens with two attached hydrogens (primary N) is 1. The van der Waals surface area contributed by atoms with Gasteiger partial charge >= 0.3 is 0 Å². The number of ether oxygens (including phenoxy) is 2. The molecule has 88 valence electrons. The molecule has 5 nitrogen and oxygen atoms in total. The van der Waals surface area contributed by atoms with Crippen LogP contribution in [0.15, 0.2) is 5.16 Å². The SMILES string of the molecule is NC(CCCCOCC1CCCO1)=NO. The molecule has 1 rings (SSSR count). The zero-order chi connectivity index (χ0) is 10.9. The molecular weight excluding hydrogens is 196 g/mol. The number of rotatable bonds is 7. The summed E-state index contributed by atoms with van der Waals surface area (Å²) in [5.41, 5.74) is 5.33. The highest BCUT2D eigenvalue weighted by Crippen LogP contribution is 2.12. The number of amidine groups is 1. The van der Waals surface area contributed by atoms with Crippen LogP contribution in [0.3, 0.4) is 0 Å². The second kappa shape index (κ2) is 7.48. The third-order valence-corrected chi connectivity index (χ3v) is 2.43. The van der Waals surface area contributed by atoms with Gasteiger partial charge in [-0.2, -0.15) is 0 Å². The Hall–Kier alpha value is -0.810. The van der Waals surface area contributed by atoms with Crippen LogP contribution < -0.4 is 5.73 Å². The number of unbranched alkanes of at least 4 members (excludes halogenated alkanes) is 1. The Balaban J connectivity index is 1.84. The van der Waals surface area contributed by atoms with Gasteiger partial charge in [-0.05, 0) is 25.7 Å². The quantitative estimate of drug-likeness (QED) is 0.220. The Morgan fingerprint density at radius 2 is 2.40 bits per heavy atom. The van der Waals surface area contributed by atoms with Crippen LogP contribution in [0.25, 0.3) is 0 Å². The monoisotopic (exact) mass is 216 g/mol. The van der Waals surface area contributed by atoms with E-state index < -0.39 is 0 Å². The van der Waals surface area contributed by atoms with E-state index in [0.717, 1.165) is 38.9 Å². The van der Waals surface area contributed by atoms with Crippen molar-refractivity contribution >= 4 is 5.84 Å². The fourth-order valence-electron chi connectivity index (χ4n) is 1.55. The highest BCUT2D eigenvalue weighted by Gasteiger charge is 2.14. The molecule has 1 aliphatic heterocycles. The van der Waals surface area contributed by atoms with Gasteiger partial charge in [0.1, 0.15) is 5.84 Å². The zero-order valence-corrected chi connectivity index (χ0v) is 9.02. The van der Waals surface area contributed by atoms with E-state index >= 15 is 0 Å². The van der Waals surface area contributed by atoms with Gasteiger partial charge in [-0.25, -0.2) is 0 Å². The summed E-state index contributed by atoms with van der Waals surface area (Å²) in [6.07, 6.45) is 5.01. The lowest BCUT2D eigenvalue weighted by atomic mass is 10.2. The van der Waals surface area contributed by atoms with Crippen molar-refractivity contribution in [2.24, 2.45) is 10.9 Å². The van der Waals surface area contributed by atoms with E-state index in [9.17, 15) is 0 Å². The Bertz CT molecular complexity index is 191. The molecule has 0 spiro atoms. The molecule has 1 saturated heterocycles. The summed E-state index contributed by atoms with van der Waals surface area (Å²) in [5.74, 6) is 0.286. The molecule has 0 aromatic rings. The fraction of sp³-hybridized carbons (Fsp3) is 0.900. The van der Waals surface area contributed by atoms with E-state index in [0.29, 0.717) is 19.1 Å². The van der Waals surface area contributed by atoms with Crippen molar-refractivity contribution in [3.63, 3.8) is 0 Å². The lowest BCUT2D eigenvalue weighted by Crippen LogP contribution is -2.15. The molecule has 1 atom stereocenters. The first-order chi connectivity index (χ1) is 7.33. The lowest BCUT2D eigenvalue weighted by Gasteiger charge is -2.09. The Labute approximate surface area is 90.2 Å². The van der Waals surface area contributed by atoms with Gasteiger partial charge in [0.25, 0.3) is 0 Å².